The summed E-state index contributed by atoms with van der Waals surface area (Å²) >= 11 is 5.86. The van der Waals surface area contributed by atoms with E-state index in [9.17, 15) is 19.5 Å². The van der Waals surface area contributed by atoms with Crippen LogP contribution in [0.1, 0.15) is 27.6 Å². The Labute approximate surface area is 159 Å². The molecule has 0 saturated carbocycles. The third kappa shape index (κ3) is 5.11. The Bertz CT molecular complexity index is 884. The highest BCUT2D eigenvalue weighted by molar-refractivity contribution is 6.32. The normalized spacial score (nSPS) is 10.1. The second-order valence-electron chi connectivity index (χ2n) is 5.27. The summed E-state index contributed by atoms with van der Waals surface area (Å²) in [5.41, 5.74) is 5.57. The molecule has 2 amide bonds. The number of amides is 2. The lowest BCUT2D eigenvalue weighted by molar-refractivity contribution is -0.119. The van der Waals surface area contributed by atoms with Gasteiger partial charge in [0, 0.05) is 0 Å². The predicted octanol–water partition coefficient (Wildman–Crippen LogP) is 2.34. The van der Waals surface area contributed by atoms with Gasteiger partial charge in [0.05, 0.1) is 28.4 Å². The van der Waals surface area contributed by atoms with Gasteiger partial charge in [0.1, 0.15) is 0 Å². The monoisotopic (exact) mass is 392 g/mol. The maximum Gasteiger partial charge on any atom is 0.338 e. The van der Waals surface area contributed by atoms with Crippen molar-refractivity contribution in [3.63, 3.8) is 0 Å². The van der Waals surface area contributed by atoms with E-state index >= 15 is 0 Å². The Kier molecular flexibility index (Phi) is 6.62. The maximum absolute atomic E-state index is 12.1. The number of carbonyl (C=O) groups excluding carboxylic acids is 3. The molecule has 0 aliphatic carbocycles. The Balaban J connectivity index is 2.03. The molecule has 0 bridgehead atoms. The van der Waals surface area contributed by atoms with Crippen molar-refractivity contribution in [2.75, 3.05) is 18.5 Å². The zero-order valence-corrected chi connectivity index (χ0v) is 15.1. The molecule has 9 heteroatoms. The zero-order chi connectivity index (χ0) is 20.0. The average molecular weight is 393 g/mol. The minimum Gasteiger partial charge on any atom is -0.503 e. The van der Waals surface area contributed by atoms with Crippen LogP contribution < -0.4 is 15.8 Å². The van der Waals surface area contributed by atoms with E-state index in [1.807, 2.05) is 0 Å². The number of esters is 1. The number of hydrogen-bond donors (Lipinski definition) is 3. The van der Waals surface area contributed by atoms with Crippen LogP contribution in [0.3, 0.4) is 0 Å². The molecule has 0 aliphatic rings. The van der Waals surface area contributed by atoms with Gasteiger partial charge in [-0.3, -0.25) is 9.59 Å². The van der Waals surface area contributed by atoms with Gasteiger partial charge in [-0.25, -0.2) is 4.79 Å². The predicted molar refractivity (Wildman–Crippen MR) is 98.2 cm³/mol. The van der Waals surface area contributed by atoms with E-state index in [1.54, 1.807) is 19.1 Å². The standard InChI is InChI=1S/C18H17ClN2O6/c1-2-26-14-8-10(7-12(19)16(14)23)18(25)27-9-15(22)21-13-6-4-3-5-11(13)17(20)24/h3-8,23H,2,9H2,1H3,(H2,20,24)(H,21,22). The molecule has 142 valence electrons. The molecule has 0 aliphatic heterocycles. The number of nitrogens with two attached hydrogens (primary N) is 1. The molecule has 0 aromatic heterocycles. The smallest absolute Gasteiger partial charge is 0.338 e. The van der Waals surface area contributed by atoms with Crippen LogP contribution in [-0.4, -0.2) is 36.1 Å². The fourth-order valence-electron chi connectivity index (χ4n) is 2.16. The highest BCUT2D eigenvalue weighted by atomic mass is 35.5. The van der Waals surface area contributed by atoms with E-state index in [1.165, 1.54) is 24.3 Å². The Morgan fingerprint density at radius 3 is 2.59 bits per heavy atom. The van der Waals surface area contributed by atoms with Crippen molar-refractivity contribution in [3.05, 3.63) is 52.5 Å². The van der Waals surface area contributed by atoms with E-state index < -0.39 is 24.4 Å². The first-order valence-electron chi connectivity index (χ1n) is 7.84. The van der Waals surface area contributed by atoms with Crippen LogP contribution in [-0.2, 0) is 9.53 Å². The van der Waals surface area contributed by atoms with E-state index in [0.717, 1.165) is 0 Å². The van der Waals surface area contributed by atoms with Crippen LogP contribution in [0.5, 0.6) is 11.5 Å². The minimum absolute atomic E-state index is 0.00610. The van der Waals surface area contributed by atoms with Crippen molar-refractivity contribution >= 4 is 35.1 Å². The zero-order valence-electron chi connectivity index (χ0n) is 14.3. The molecule has 0 atom stereocenters. The lowest BCUT2D eigenvalue weighted by Crippen LogP contribution is -2.23. The van der Waals surface area contributed by atoms with Gasteiger partial charge >= 0.3 is 5.97 Å². The molecule has 0 unspecified atom stereocenters. The van der Waals surface area contributed by atoms with Crippen molar-refractivity contribution in [2.24, 2.45) is 5.73 Å². The van der Waals surface area contributed by atoms with Crippen LogP contribution in [0.25, 0.3) is 0 Å². The van der Waals surface area contributed by atoms with E-state index in [-0.39, 0.29) is 39.9 Å². The summed E-state index contributed by atoms with van der Waals surface area (Å²) in [5, 5.41) is 12.1. The van der Waals surface area contributed by atoms with Crippen LogP contribution in [0.2, 0.25) is 5.02 Å². The second-order valence-corrected chi connectivity index (χ2v) is 5.68. The Hall–Kier alpha value is -3.26. The van der Waals surface area contributed by atoms with Crippen molar-refractivity contribution in [1.82, 2.24) is 0 Å². The minimum atomic E-state index is -0.837. The molecule has 8 nitrogen and oxygen atoms in total. The number of phenolic OH excluding ortho intramolecular Hbond substituents is 1. The third-order valence-corrected chi connectivity index (χ3v) is 3.65. The second kappa shape index (κ2) is 8.91. The van der Waals surface area contributed by atoms with Crippen molar-refractivity contribution in [3.8, 4) is 11.5 Å². The van der Waals surface area contributed by atoms with E-state index in [2.05, 4.69) is 5.32 Å². The van der Waals surface area contributed by atoms with Gasteiger partial charge in [0.15, 0.2) is 18.1 Å². The summed E-state index contributed by atoms with van der Waals surface area (Å²) in [6.07, 6.45) is 0. The number of primary amides is 1. The van der Waals surface area contributed by atoms with Crippen LogP contribution in [0, 0.1) is 0 Å². The molecule has 4 N–H and O–H groups in total. The highest BCUT2D eigenvalue weighted by Gasteiger charge is 2.17. The van der Waals surface area contributed by atoms with Gasteiger partial charge in [0.2, 0.25) is 0 Å². The number of phenols is 1. The van der Waals surface area contributed by atoms with Gasteiger partial charge in [-0.05, 0) is 31.2 Å². The number of hydrogen-bond acceptors (Lipinski definition) is 6. The topological polar surface area (TPSA) is 128 Å². The molecule has 0 saturated heterocycles. The number of benzene rings is 2. The molecule has 2 aromatic rings. The summed E-state index contributed by atoms with van der Waals surface area (Å²) in [5.74, 6) is -2.47. The lowest BCUT2D eigenvalue weighted by Gasteiger charge is -2.11. The van der Waals surface area contributed by atoms with Crippen LogP contribution in [0.15, 0.2) is 36.4 Å². The molecule has 27 heavy (non-hydrogen) atoms. The molecule has 2 rings (SSSR count). The Morgan fingerprint density at radius 1 is 1.22 bits per heavy atom. The molecule has 0 heterocycles. The molecular formula is C18H17ClN2O6. The molecule has 0 spiro atoms. The first kappa shape index (κ1) is 20.1. The van der Waals surface area contributed by atoms with Gasteiger partial charge in [-0.1, -0.05) is 23.7 Å². The number of nitrogens with one attached hydrogen (secondary N) is 1. The van der Waals surface area contributed by atoms with Gasteiger partial charge < -0.3 is 25.6 Å². The molecule has 0 radical (unpaired) electrons. The molecular weight excluding hydrogens is 376 g/mol. The van der Waals surface area contributed by atoms with Gasteiger partial charge in [-0.2, -0.15) is 0 Å². The largest absolute Gasteiger partial charge is 0.503 e. The van der Waals surface area contributed by atoms with Gasteiger partial charge in [0.25, 0.3) is 11.8 Å². The average Bonchev–Trinajstić information content (AvgIpc) is 2.63. The molecule has 0 fully saturated rings. The SMILES string of the molecule is CCOc1cc(C(=O)OCC(=O)Nc2ccccc2C(N)=O)cc(Cl)c1O. The van der Waals surface area contributed by atoms with Crippen LogP contribution >= 0.6 is 11.6 Å². The number of ether oxygens (including phenoxy) is 2. The van der Waals surface area contributed by atoms with Crippen molar-refractivity contribution < 1.29 is 29.0 Å². The summed E-state index contributed by atoms with van der Waals surface area (Å²) in [6, 6.07) is 8.61. The number of halogens is 1. The number of para-hydroxylation sites is 1. The van der Waals surface area contributed by atoms with E-state index in [4.69, 9.17) is 26.8 Å². The third-order valence-electron chi connectivity index (χ3n) is 3.36. The number of rotatable bonds is 7. The fourth-order valence-corrected chi connectivity index (χ4v) is 2.38. The summed E-state index contributed by atoms with van der Waals surface area (Å²) in [6.45, 7) is 1.35. The first-order valence-corrected chi connectivity index (χ1v) is 8.22. The summed E-state index contributed by atoms with van der Waals surface area (Å²) in [7, 11) is 0. The lowest BCUT2D eigenvalue weighted by atomic mass is 10.1. The van der Waals surface area contributed by atoms with Crippen molar-refractivity contribution in [1.29, 1.82) is 0 Å². The summed E-state index contributed by atoms with van der Waals surface area (Å²) < 4.78 is 10.1. The molecule has 2 aromatic carbocycles. The number of anilines is 1. The maximum atomic E-state index is 12.1. The van der Waals surface area contributed by atoms with E-state index in [0.29, 0.717) is 0 Å². The first-order chi connectivity index (χ1) is 12.8. The van der Waals surface area contributed by atoms with Crippen LogP contribution in [0.4, 0.5) is 5.69 Å². The summed E-state index contributed by atoms with van der Waals surface area (Å²) in [4.78, 5) is 35.4. The van der Waals surface area contributed by atoms with Crippen molar-refractivity contribution in [2.45, 2.75) is 6.92 Å². The number of aromatic hydroxyl groups is 1. The Morgan fingerprint density at radius 2 is 1.93 bits per heavy atom. The number of carbonyl (C=O) groups is 3. The fraction of sp³-hybridized carbons (Fsp3) is 0.167. The quantitative estimate of drug-likeness (QED) is 0.620. The highest BCUT2D eigenvalue weighted by Crippen LogP contribution is 2.35. The van der Waals surface area contributed by atoms with Gasteiger partial charge in [-0.15, -0.1) is 0 Å².